The van der Waals surface area contributed by atoms with Gasteiger partial charge in [-0.2, -0.15) is 0 Å². The summed E-state index contributed by atoms with van der Waals surface area (Å²) in [4.78, 5) is 48.3. The highest BCUT2D eigenvalue weighted by Gasteiger charge is 2.38. The third kappa shape index (κ3) is 3.40. The molecule has 0 bridgehead atoms. The molecular weight excluding hydrogens is 428 g/mol. The molecule has 0 unspecified atom stereocenters. The molecule has 3 heterocycles. The van der Waals surface area contributed by atoms with Crippen LogP contribution in [0.1, 0.15) is 31.1 Å². The van der Waals surface area contributed by atoms with Crippen LogP contribution in [0, 0.1) is 0 Å². The van der Waals surface area contributed by atoms with E-state index in [0.717, 1.165) is 10.7 Å². The highest BCUT2D eigenvalue weighted by molar-refractivity contribution is 6.39. The lowest BCUT2D eigenvalue weighted by atomic mass is 10.0. The van der Waals surface area contributed by atoms with Gasteiger partial charge in [-0.25, -0.2) is 9.88 Å². The Morgan fingerprint density at radius 3 is 2.28 bits per heavy atom. The van der Waals surface area contributed by atoms with E-state index in [1.807, 2.05) is 18.2 Å². The summed E-state index contributed by atoms with van der Waals surface area (Å²) >= 11 is 6.20. The number of piperazine rings is 1. The van der Waals surface area contributed by atoms with Crippen molar-refractivity contribution in [1.82, 2.24) is 9.88 Å². The Morgan fingerprint density at radius 2 is 1.56 bits per heavy atom. The molecule has 5 rings (SSSR count). The minimum Gasteiger partial charge on any atom is -0.353 e. The second-order valence-corrected chi connectivity index (χ2v) is 8.03. The molecule has 1 fully saturated rings. The van der Waals surface area contributed by atoms with Crippen LogP contribution in [-0.2, 0) is 0 Å². The lowest BCUT2D eigenvalue weighted by Crippen LogP contribution is -2.49. The first-order valence-electron chi connectivity index (χ1n) is 10.3. The van der Waals surface area contributed by atoms with Crippen LogP contribution in [0.4, 0.5) is 11.5 Å². The number of aromatic nitrogens is 1. The molecule has 0 atom stereocenters. The maximum absolute atomic E-state index is 13.1. The van der Waals surface area contributed by atoms with E-state index in [2.05, 4.69) is 9.88 Å². The summed E-state index contributed by atoms with van der Waals surface area (Å²) in [5, 5.41) is 0.309. The molecule has 0 radical (unpaired) electrons. The van der Waals surface area contributed by atoms with Gasteiger partial charge < -0.3 is 9.80 Å². The van der Waals surface area contributed by atoms with Crippen molar-refractivity contribution in [3.8, 4) is 0 Å². The van der Waals surface area contributed by atoms with Gasteiger partial charge in [0.05, 0.1) is 21.8 Å². The molecule has 2 aromatic carbocycles. The van der Waals surface area contributed by atoms with E-state index >= 15 is 0 Å². The predicted octanol–water partition coefficient (Wildman–Crippen LogP) is 3.50. The molecule has 160 valence electrons. The minimum absolute atomic E-state index is 0.162. The van der Waals surface area contributed by atoms with Crippen LogP contribution in [0.3, 0.4) is 0 Å². The average molecular weight is 447 g/mol. The first-order valence-corrected chi connectivity index (χ1v) is 10.6. The molecule has 0 aliphatic carbocycles. The van der Waals surface area contributed by atoms with E-state index in [4.69, 9.17) is 11.6 Å². The molecule has 1 saturated heterocycles. The lowest BCUT2D eigenvalue weighted by Gasteiger charge is -2.35. The number of carbonyl (C=O) groups is 3. The Labute approximate surface area is 189 Å². The molecule has 2 aliphatic heterocycles. The number of amides is 3. The van der Waals surface area contributed by atoms with Crippen molar-refractivity contribution in [2.24, 2.45) is 0 Å². The number of benzene rings is 2. The summed E-state index contributed by atoms with van der Waals surface area (Å²) in [5.41, 5.74) is 1.20. The van der Waals surface area contributed by atoms with E-state index in [-0.39, 0.29) is 17.0 Å². The van der Waals surface area contributed by atoms with Gasteiger partial charge in [0.1, 0.15) is 5.82 Å². The number of anilines is 2. The molecule has 3 amide bonds. The smallest absolute Gasteiger partial charge is 0.266 e. The van der Waals surface area contributed by atoms with Gasteiger partial charge in [-0.3, -0.25) is 14.4 Å². The van der Waals surface area contributed by atoms with Crippen molar-refractivity contribution in [1.29, 1.82) is 0 Å². The number of nitrogens with zero attached hydrogens (tertiary/aromatic N) is 4. The Kier molecular flexibility index (Phi) is 5.11. The molecular formula is C24H19ClN4O3. The average Bonchev–Trinajstić information content (AvgIpc) is 3.09. The Bertz CT molecular complexity index is 1220. The van der Waals surface area contributed by atoms with E-state index in [1.54, 1.807) is 47.5 Å². The molecule has 0 N–H and O–H groups in total. The third-order valence-electron chi connectivity index (χ3n) is 5.77. The maximum Gasteiger partial charge on any atom is 0.266 e. The zero-order chi connectivity index (χ0) is 22.2. The number of para-hydroxylation sites is 1. The fraction of sp³-hybridized carbons (Fsp3) is 0.167. The fourth-order valence-electron chi connectivity index (χ4n) is 4.09. The summed E-state index contributed by atoms with van der Waals surface area (Å²) in [6.45, 7) is 2.44. The number of pyridine rings is 1. The Morgan fingerprint density at radius 1 is 0.844 bits per heavy atom. The van der Waals surface area contributed by atoms with Crippen LogP contribution in [0.15, 0.2) is 66.9 Å². The van der Waals surface area contributed by atoms with Crippen molar-refractivity contribution < 1.29 is 14.4 Å². The first kappa shape index (κ1) is 20.2. The summed E-state index contributed by atoms with van der Waals surface area (Å²) in [6, 6.07) is 17.1. The molecule has 1 aromatic heterocycles. The van der Waals surface area contributed by atoms with Gasteiger partial charge >= 0.3 is 0 Å². The van der Waals surface area contributed by atoms with Crippen LogP contribution in [0.25, 0.3) is 0 Å². The van der Waals surface area contributed by atoms with Crippen LogP contribution in [0.5, 0.6) is 0 Å². The summed E-state index contributed by atoms with van der Waals surface area (Å²) in [5.74, 6) is -0.195. The SMILES string of the molecule is O=C(c1ccc2c(c1)C(=O)N(c1ccccc1Cl)C2=O)N1CCN(c2ccccn2)CC1. The topological polar surface area (TPSA) is 73.8 Å². The van der Waals surface area contributed by atoms with Crippen molar-refractivity contribution in [3.63, 3.8) is 0 Å². The molecule has 3 aromatic rings. The van der Waals surface area contributed by atoms with Gasteiger partial charge in [-0.15, -0.1) is 0 Å². The Hall–Kier alpha value is -3.71. The highest BCUT2D eigenvalue weighted by Crippen LogP contribution is 2.33. The van der Waals surface area contributed by atoms with Gasteiger partial charge in [-0.1, -0.05) is 29.8 Å². The zero-order valence-corrected chi connectivity index (χ0v) is 17.8. The van der Waals surface area contributed by atoms with Gasteiger partial charge in [0, 0.05) is 37.9 Å². The molecule has 8 heteroatoms. The predicted molar refractivity (Wildman–Crippen MR) is 121 cm³/mol. The second kappa shape index (κ2) is 8.09. The number of rotatable bonds is 3. The van der Waals surface area contributed by atoms with Crippen LogP contribution in [0.2, 0.25) is 5.02 Å². The van der Waals surface area contributed by atoms with Crippen molar-refractivity contribution in [3.05, 3.63) is 88.6 Å². The third-order valence-corrected chi connectivity index (χ3v) is 6.09. The second-order valence-electron chi connectivity index (χ2n) is 7.62. The van der Waals surface area contributed by atoms with Gasteiger partial charge in [0.2, 0.25) is 0 Å². The summed E-state index contributed by atoms with van der Waals surface area (Å²) in [7, 11) is 0. The normalized spacial score (nSPS) is 15.8. The monoisotopic (exact) mass is 446 g/mol. The van der Waals surface area contributed by atoms with Crippen molar-refractivity contribution >= 4 is 40.8 Å². The maximum atomic E-state index is 13.1. The largest absolute Gasteiger partial charge is 0.353 e. The van der Waals surface area contributed by atoms with Gasteiger partial charge in [-0.05, 0) is 42.5 Å². The van der Waals surface area contributed by atoms with Crippen LogP contribution >= 0.6 is 11.6 Å². The quantitative estimate of drug-likeness (QED) is 0.576. The number of fused-ring (bicyclic) bond motifs is 1. The molecule has 2 aliphatic rings. The highest BCUT2D eigenvalue weighted by atomic mass is 35.5. The summed E-state index contributed by atoms with van der Waals surface area (Å²) < 4.78 is 0. The number of carbonyl (C=O) groups excluding carboxylic acids is 3. The molecule has 7 nitrogen and oxygen atoms in total. The molecule has 32 heavy (non-hydrogen) atoms. The van der Waals surface area contributed by atoms with E-state index < -0.39 is 11.8 Å². The van der Waals surface area contributed by atoms with Crippen LogP contribution < -0.4 is 9.80 Å². The van der Waals surface area contributed by atoms with Crippen molar-refractivity contribution in [2.45, 2.75) is 0 Å². The fourth-order valence-corrected chi connectivity index (χ4v) is 4.31. The van der Waals surface area contributed by atoms with Crippen LogP contribution in [-0.4, -0.2) is 53.8 Å². The number of hydrogen-bond donors (Lipinski definition) is 0. The standard InChI is InChI=1S/C24H19ClN4O3/c25-19-5-1-2-6-20(19)29-23(31)17-9-8-16(15-18(17)24(29)32)22(30)28-13-11-27(12-14-28)21-7-3-4-10-26-21/h1-10,15H,11-14H2. The zero-order valence-electron chi connectivity index (χ0n) is 17.1. The Balaban J connectivity index is 1.35. The number of imide groups is 1. The number of halogens is 1. The van der Waals surface area contributed by atoms with Gasteiger partial charge in [0.15, 0.2) is 0 Å². The summed E-state index contributed by atoms with van der Waals surface area (Å²) in [6.07, 6.45) is 1.75. The molecule has 0 spiro atoms. The first-order chi connectivity index (χ1) is 15.5. The van der Waals surface area contributed by atoms with E-state index in [0.29, 0.717) is 42.5 Å². The van der Waals surface area contributed by atoms with Gasteiger partial charge in [0.25, 0.3) is 17.7 Å². The van der Waals surface area contributed by atoms with E-state index in [1.165, 1.54) is 6.07 Å². The molecule has 0 saturated carbocycles. The minimum atomic E-state index is -0.479. The number of hydrogen-bond acceptors (Lipinski definition) is 5. The van der Waals surface area contributed by atoms with E-state index in [9.17, 15) is 14.4 Å². The van der Waals surface area contributed by atoms with Crippen molar-refractivity contribution in [2.75, 3.05) is 36.0 Å². The lowest BCUT2D eigenvalue weighted by molar-refractivity contribution is 0.0746.